The minimum Gasteiger partial charge on any atom is -0.505 e. The molecule has 0 fully saturated rings. The van der Waals surface area contributed by atoms with E-state index in [1.54, 1.807) is 29.7 Å². The summed E-state index contributed by atoms with van der Waals surface area (Å²) in [5, 5.41) is 15.6. The molecule has 7 heteroatoms. The van der Waals surface area contributed by atoms with Crippen LogP contribution in [0.15, 0.2) is 58.9 Å². The lowest BCUT2D eigenvalue weighted by atomic mass is 10.2. The van der Waals surface area contributed by atoms with Gasteiger partial charge in [-0.1, -0.05) is 12.1 Å². The van der Waals surface area contributed by atoms with Crippen LogP contribution in [0.3, 0.4) is 0 Å². The number of aromatic hydroxyl groups is 1. The van der Waals surface area contributed by atoms with Gasteiger partial charge in [0.15, 0.2) is 16.7 Å². The molecule has 1 aromatic heterocycles. The highest BCUT2D eigenvalue weighted by molar-refractivity contribution is 8.00. The van der Waals surface area contributed by atoms with Gasteiger partial charge in [0.05, 0.1) is 0 Å². The molecular weight excluding hydrogens is 333 g/mol. The van der Waals surface area contributed by atoms with Crippen molar-refractivity contribution < 1.29 is 9.50 Å². The molecule has 3 rings (SSSR count). The van der Waals surface area contributed by atoms with Crippen LogP contribution in [0.2, 0.25) is 0 Å². The van der Waals surface area contributed by atoms with Gasteiger partial charge in [-0.2, -0.15) is 0 Å². The summed E-state index contributed by atoms with van der Waals surface area (Å²) in [4.78, 5) is 5.20. The number of nitrogens with zero attached hydrogens (tertiary/aromatic N) is 1. The number of phenols is 1. The molecule has 118 valence electrons. The predicted molar refractivity (Wildman–Crippen MR) is 93.4 cm³/mol. The molecular formula is C16H14FN3OS2. The molecule has 0 bridgehead atoms. The Morgan fingerprint density at radius 3 is 2.74 bits per heavy atom. The van der Waals surface area contributed by atoms with E-state index in [-0.39, 0.29) is 5.75 Å². The molecule has 3 N–H and O–H groups in total. The zero-order chi connectivity index (χ0) is 16.1. The number of aromatic nitrogens is 1. The highest BCUT2D eigenvalue weighted by Crippen LogP contribution is 2.25. The van der Waals surface area contributed by atoms with Gasteiger partial charge in [-0.15, -0.1) is 11.3 Å². The summed E-state index contributed by atoms with van der Waals surface area (Å²) in [6.45, 7) is 0.355. The lowest BCUT2D eigenvalue weighted by Gasteiger charge is -2.09. The molecule has 23 heavy (non-hydrogen) atoms. The van der Waals surface area contributed by atoms with Crippen LogP contribution in [-0.2, 0) is 6.54 Å². The highest BCUT2D eigenvalue weighted by atomic mass is 32.2. The Labute approximate surface area is 141 Å². The Morgan fingerprint density at radius 1 is 1.17 bits per heavy atom. The van der Waals surface area contributed by atoms with Gasteiger partial charge in [0.1, 0.15) is 0 Å². The van der Waals surface area contributed by atoms with Gasteiger partial charge in [-0.25, -0.2) is 9.37 Å². The molecule has 0 aliphatic rings. The van der Waals surface area contributed by atoms with Crippen LogP contribution >= 0.6 is 23.3 Å². The van der Waals surface area contributed by atoms with E-state index < -0.39 is 5.82 Å². The number of rotatable bonds is 6. The van der Waals surface area contributed by atoms with Gasteiger partial charge in [0.2, 0.25) is 0 Å². The second-order valence-electron chi connectivity index (χ2n) is 4.67. The normalized spacial score (nSPS) is 10.5. The monoisotopic (exact) mass is 347 g/mol. The average Bonchev–Trinajstić information content (AvgIpc) is 3.09. The van der Waals surface area contributed by atoms with Crippen LogP contribution in [0, 0.1) is 5.82 Å². The molecule has 1 heterocycles. The molecule has 0 aliphatic carbocycles. The number of hydrogen-bond donors (Lipinski definition) is 3. The van der Waals surface area contributed by atoms with E-state index in [2.05, 4.69) is 15.0 Å². The van der Waals surface area contributed by atoms with Crippen molar-refractivity contribution in [2.75, 3.05) is 10.0 Å². The van der Waals surface area contributed by atoms with Crippen LogP contribution in [-0.4, -0.2) is 10.1 Å². The second kappa shape index (κ2) is 7.34. The maximum atomic E-state index is 13.3. The molecule has 0 saturated carbocycles. The van der Waals surface area contributed by atoms with E-state index in [1.165, 1.54) is 18.0 Å². The zero-order valence-electron chi connectivity index (χ0n) is 12.0. The van der Waals surface area contributed by atoms with E-state index in [0.29, 0.717) is 12.1 Å². The van der Waals surface area contributed by atoms with E-state index in [0.717, 1.165) is 15.7 Å². The zero-order valence-corrected chi connectivity index (χ0v) is 13.6. The Balaban J connectivity index is 1.56. The number of nitrogens with one attached hydrogen (secondary N) is 2. The summed E-state index contributed by atoms with van der Waals surface area (Å²) >= 11 is 3.03. The first-order valence-electron chi connectivity index (χ1n) is 6.85. The summed E-state index contributed by atoms with van der Waals surface area (Å²) in [6, 6.07) is 12.3. The number of hydrogen-bond acceptors (Lipinski definition) is 6. The minimum atomic E-state index is -0.607. The van der Waals surface area contributed by atoms with Crippen molar-refractivity contribution in [2.45, 2.75) is 11.4 Å². The lowest BCUT2D eigenvalue weighted by molar-refractivity contribution is 0.427. The number of halogens is 1. The average molecular weight is 347 g/mol. The molecule has 0 aliphatic heterocycles. The van der Waals surface area contributed by atoms with E-state index in [1.807, 2.05) is 29.6 Å². The first-order valence-corrected chi connectivity index (χ1v) is 8.54. The molecule has 2 aromatic carbocycles. The number of anilines is 2. The quantitative estimate of drug-likeness (QED) is 0.563. The summed E-state index contributed by atoms with van der Waals surface area (Å²) in [7, 11) is 0. The maximum Gasteiger partial charge on any atom is 0.192 e. The third-order valence-corrected chi connectivity index (χ3v) is 4.72. The predicted octanol–water partition coefficient (Wildman–Crippen LogP) is 4.72. The largest absolute Gasteiger partial charge is 0.505 e. The van der Waals surface area contributed by atoms with Gasteiger partial charge in [-0.3, -0.25) is 0 Å². The van der Waals surface area contributed by atoms with Crippen molar-refractivity contribution in [3.63, 3.8) is 0 Å². The summed E-state index contributed by atoms with van der Waals surface area (Å²) in [6.07, 6.45) is 1.75. The van der Waals surface area contributed by atoms with Crippen molar-refractivity contribution in [3.05, 3.63) is 65.4 Å². The lowest BCUT2D eigenvalue weighted by Crippen LogP contribution is -2.00. The minimum absolute atomic E-state index is 0.306. The number of benzene rings is 2. The third kappa shape index (κ3) is 4.14. The van der Waals surface area contributed by atoms with Gasteiger partial charge in [0, 0.05) is 34.3 Å². The molecule has 3 aromatic rings. The van der Waals surface area contributed by atoms with Gasteiger partial charge < -0.3 is 15.1 Å². The van der Waals surface area contributed by atoms with Crippen molar-refractivity contribution >= 4 is 34.1 Å². The molecule has 0 amide bonds. The first kappa shape index (κ1) is 15.6. The first-order chi connectivity index (χ1) is 11.2. The fourth-order valence-electron chi connectivity index (χ4n) is 1.92. The van der Waals surface area contributed by atoms with Gasteiger partial charge in [-0.05, 0) is 42.3 Å². The van der Waals surface area contributed by atoms with E-state index in [9.17, 15) is 9.50 Å². The van der Waals surface area contributed by atoms with Gasteiger partial charge in [0.25, 0.3) is 0 Å². The second-order valence-corrected chi connectivity index (χ2v) is 6.44. The smallest absolute Gasteiger partial charge is 0.192 e. The van der Waals surface area contributed by atoms with Crippen molar-refractivity contribution in [1.82, 2.24) is 4.98 Å². The number of phenolic OH excluding ortho intramolecular Hbond substituents is 1. The molecule has 0 atom stereocenters. The Hall–Kier alpha value is -2.25. The van der Waals surface area contributed by atoms with E-state index in [4.69, 9.17) is 0 Å². The highest BCUT2D eigenvalue weighted by Gasteiger charge is 2.06. The third-order valence-electron chi connectivity index (χ3n) is 3.10. The number of thiazole rings is 1. The number of para-hydroxylation sites is 1. The SMILES string of the molecule is Oc1c(F)cccc1CNc1ccc(SNc2nccs2)cc1. The summed E-state index contributed by atoms with van der Waals surface area (Å²) < 4.78 is 16.4. The van der Waals surface area contributed by atoms with Gasteiger partial charge >= 0.3 is 0 Å². The topological polar surface area (TPSA) is 57.2 Å². The molecule has 4 nitrogen and oxygen atoms in total. The summed E-state index contributed by atoms with van der Waals surface area (Å²) in [5.74, 6) is -0.913. The maximum absolute atomic E-state index is 13.3. The van der Waals surface area contributed by atoms with Crippen molar-refractivity contribution in [3.8, 4) is 5.75 Å². The van der Waals surface area contributed by atoms with Crippen LogP contribution < -0.4 is 10.0 Å². The fraction of sp³-hybridized carbons (Fsp3) is 0.0625. The van der Waals surface area contributed by atoms with E-state index >= 15 is 0 Å². The Kier molecular flexibility index (Phi) is 4.99. The fourth-order valence-corrected chi connectivity index (χ4v) is 3.14. The molecule has 0 saturated heterocycles. The Morgan fingerprint density at radius 2 is 2.00 bits per heavy atom. The molecule has 0 unspecified atom stereocenters. The van der Waals surface area contributed by atoms with Crippen molar-refractivity contribution in [1.29, 1.82) is 0 Å². The van der Waals surface area contributed by atoms with Crippen molar-refractivity contribution in [2.24, 2.45) is 0 Å². The summed E-state index contributed by atoms with van der Waals surface area (Å²) in [5.41, 5.74) is 1.42. The van der Waals surface area contributed by atoms with Crippen LogP contribution in [0.5, 0.6) is 5.75 Å². The molecule has 0 spiro atoms. The van der Waals surface area contributed by atoms with Crippen LogP contribution in [0.4, 0.5) is 15.2 Å². The standard InChI is InChI=1S/C16H14FN3OS2/c17-14-3-1-2-11(15(14)21)10-19-12-4-6-13(7-5-12)23-20-16-18-8-9-22-16/h1-9,19,21H,10H2,(H,18,20). The van der Waals surface area contributed by atoms with Crippen LogP contribution in [0.25, 0.3) is 0 Å². The Bertz CT molecular complexity index is 764. The molecule has 0 radical (unpaired) electrons. The van der Waals surface area contributed by atoms with Crippen LogP contribution in [0.1, 0.15) is 5.56 Å².